The van der Waals surface area contributed by atoms with E-state index in [1.165, 1.54) is 5.56 Å². The third kappa shape index (κ3) is 3.63. The Morgan fingerprint density at radius 3 is 2.27 bits per heavy atom. The molecule has 2 aromatic rings. The van der Waals surface area contributed by atoms with Crippen LogP contribution in [0.1, 0.15) is 11.1 Å². The Hall–Kier alpha value is -1.95. The molecule has 0 radical (unpaired) electrons. The van der Waals surface area contributed by atoms with E-state index in [2.05, 4.69) is 21.8 Å². The summed E-state index contributed by atoms with van der Waals surface area (Å²) < 4.78 is 15.4. The van der Waals surface area contributed by atoms with Gasteiger partial charge in [0.1, 0.15) is 0 Å². The molecule has 0 amide bonds. The van der Waals surface area contributed by atoms with Crippen molar-refractivity contribution in [1.29, 1.82) is 0 Å². The van der Waals surface area contributed by atoms with Crippen molar-refractivity contribution in [3.8, 4) is 0 Å². The number of hydrogen-bond acceptors (Lipinski definition) is 3. The number of benzene rings is 2. The molecular formula is C17H22BNO3. The lowest BCUT2D eigenvalue weighted by molar-refractivity contribution is 0.0463. The van der Waals surface area contributed by atoms with E-state index in [9.17, 15) is 0 Å². The van der Waals surface area contributed by atoms with Crippen molar-refractivity contribution in [1.82, 2.24) is 0 Å². The van der Waals surface area contributed by atoms with E-state index in [0.29, 0.717) is 6.54 Å². The molecule has 2 rings (SSSR count). The third-order valence-corrected chi connectivity index (χ3v) is 3.71. The topological polar surface area (TPSA) is 43.6 Å². The SMILES string of the molecule is CO[B-](OC)([OH+]C)c1ccccc1C=NCc1ccccc1. The molecule has 0 saturated heterocycles. The van der Waals surface area contributed by atoms with Gasteiger partial charge < -0.3 is 14.0 Å². The van der Waals surface area contributed by atoms with Gasteiger partial charge in [0, 0.05) is 6.21 Å². The fraction of sp³-hybridized carbons (Fsp3) is 0.235. The molecule has 0 bridgehead atoms. The first-order valence-electron chi connectivity index (χ1n) is 7.24. The Morgan fingerprint density at radius 1 is 1.00 bits per heavy atom. The van der Waals surface area contributed by atoms with E-state index in [-0.39, 0.29) is 0 Å². The zero-order chi connectivity index (χ0) is 15.8. The van der Waals surface area contributed by atoms with E-state index in [1.54, 1.807) is 21.3 Å². The first-order chi connectivity index (χ1) is 10.8. The molecule has 0 atom stereocenters. The van der Waals surface area contributed by atoms with Crippen LogP contribution in [0.25, 0.3) is 0 Å². The summed E-state index contributed by atoms with van der Waals surface area (Å²) in [6.45, 7) is -1.20. The van der Waals surface area contributed by atoms with E-state index in [0.717, 1.165) is 11.0 Å². The summed E-state index contributed by atoms with van der Waals surface area (Å²) in [7, 11) is 4.91. The second kappa shape index (κ2) is 7.89. The van der Waals surface area contributed by atoms with Crippen LogP contribution in [0.4, 0.5) is 0 Å². The van der Waals surface area contributed by atoms with Gasteiger partial charge in [0.15, 0.2) is 0 Å². The maximum absolute atomic E-state index is 5.54. The smallest absolute Gasteiger partial charge is 0.599 e. The molecule has 116 valence electrons. The second-order valence-corrected chi connectivity index (χ2v) is 4.99. The largest absolute Gasteiger partial charge is 0.631 e. The lowest BCUT2D eigenvalue weighted by Crippen LogP contribution is -2.58. The summed E-state index contributed by atoms with van der Waals surface area (Å²) in [4.78, 5) is 4.52. The van der Waals surface area contributed by atoms with Crippen molar-refractivity contribution in [2.45, 2.75) is 6.54 Å². The van der Waals surface area contributed by atoms with Crippen LogP contribution in [0.15, 0.2) is 59.6 Å². The molecule has 0 aliphatic heterocycles. The van der Waals surface area contributed by atoms with Gasteiger partial charge in [-0.05, 0) is 30.8 Å². The molecule has 1 N–H and O–H groups in total. The Bertz CT molecular complexity index is 604. The van der Waals surface area contributed by atoms with Crippen LogP contribution in [0.2, 0.25) is 0 Å². The minimum absolute atomic E-state index is 0.637. The predicted octanol–water partition coefficient (Wildman–Crippen LogP) is 1.90. The molecule has 4 nitrogen and oxygen atoms in total. The standard InChI is InChI=1S/C17H22BNO3/c1-20-18(21-2,22-3)17-12-8-7-11-16(17)14-19-13-15-9-5-4-6-10-15/h4-12,14,20H,13H2,1-3H3. The summed E-state index contributed by atoms with van der Waals surface area (Å²) in [5, 5.41) is 0. The fourth-order valence-corrected chi connectivity index (χ4v) is 2.49. The van der Waals surface area contributed by atoms with Gasteiger partial charge in [-0.25, -0.2) is 0 Å². The van der Waals surface area contributed by atoms with Crippen molar-refractivity contribution >= 4 is 18.4 Å². The Balaban J connectivity index is 2.25. The number of nitrogens with zero attached hydrogens (tertiary/aromatic N) is 1. The zero-order valence-electron chi connectivity index (χ0n) is 13.3. The number of rotatable bonds is 7. The molecular weight excluding hydrogens is 277 g/mol. The third-order valence-electron chi connectivity index (χ3n) is 3.71. The van der Waals surface area contributed by atoms with Gasteiger partial charge in [-0.15, -0.1) is 0 Å². The summed E-state index contributed by atoms with van der Waals surface area (Å²) in [5.74, 6) is 0. The first-order valence-corrected chi connectivity index (χ1v) is 7.24. The van der Waals surface area contributed by atoms with Crippen LogP contribution in [0.5, 0.6) is 0 Å². The normalized spacial score (nSPS) is 12.0. The maximum atomic E-state index is 5.54. The number of aliphatic imine (C=N–C) groups is 1. The van der Waals surface area contributed by atoms with Gasteiger partial charge in [-0.3, -0.25) is 4.99 Å². The predicted molar refractivity (Wildman–Crippen MR) is 91.7 cm³/mol. The van der Waals surface area contributed by atoms with Crippen LogP contribution in [0, 0.1) is 0 Å². The summed E-state index contributed by atoms with van der Waals surface area (Å²) >= 11 is 0. The van der Waals surface area contributed by atoms with Crippen LogP contribution in [0.3, 0.4) is 0 Å². The second-order valence-electron chi connectivity index (χ2n) is 4.99. The highest BCUT2D eigenvalue weighted by Crippen LogP contribution is 2.08. The van der Waals surface area contributed by atoms with Gasteiger partial charge >= 0.3 is 6.75 Å². The Morgan fingerprint density at radius 2 is 1.64 bits per heavy atom. The molecule has 22 heavy (non-hydrogen) atoms. The summed E-state index contributed by atoms with van der Waals surface area (Å²) in [6.07, 6.45) is 1.85. The summed E-state index contributed by atoms with van der Waals surface area (Å²) in [5.41, 5.74) is 3.02. The lowest BCUT2D eigenvalue weighted by Gasteiger charge is -2.32. The molecule has 2 aromatic carbocycles. The average Bonchev–Trinajstić information content (AvgIpc) is 2.59. The van der Waals surface area contributed by atoms with Crippen molar-refractivity contribution in [2.24, 2.45) is 4.99 Å². The average molecular weight is 299 g/mol. The van der Waals surface area contributed by atoms with Gasteiger partial charge in [0.25, 0.3) is 0 Å². The Labute approximate surface area is 131 Å². The van der Waals surface area contributed by atoms with E-state index in [1.807, 2.05) is 48.7 Å². The zero-order valence-corrected chi connectivity index (χ0v) is 13.3. The van der Waals surface area contributed by atoms with E-state index < -0.39 is 6.75 Å². The van der Waals surface area contributed by atoms with Gasteiger partial charge in [-0.1, -0.05) is 54.6 Å². The highest BCUT2D eigenvalue weighted by Gasteiger charge is 2.39. The Kier molecular flexibility index (Phi) is 5.89. The van der Waals surface area contributed by atoms with E-state index >= 15 is 0 Å². The van der Waals surface area contributed by atoms with Crippen LogP contribution >= 0.6 is 0 Å². The molecule has 0 spiro atoms. The van der Waals surface area contributed by atoms with Gasteiger partial charge in [0.2, 0.25) is 0 Å². The highest BCUT2D eigenvalue weighted by atomic mass is 16.7. The lowest BCUT2D eigenvalue weighted by atomic mass is 9.67. The van der Waals surface area contributed by atoms with Crippen molar-refractivity contribution < 1.29 is 14.0 Å². The molecule has 0 aliphatic carbocycles. The molecule has 0 aliphatic rings. The molecule has 0 fully saturated rings. The van der Waals surface area contributed by atoms with Crippen molar-refractivity contribution in [2.75, 3.05) is 21.3 Å². The molecule has 0 aromatic heterocycles. The number of aliphatic hydroxyl groups is 1. The maximum Gasteiger partial charge on any atom is 0.599 e. The van der Waals surface area contributed by atoms with Gasteiger partial charge in [-0.2, -0.15) is 0 Å². The van der Waals surface area contributed by atoms with Crippen molar-refractivity contribution in [3.05, 3.63) is 65.7 Å². The van der Waals surface area contributed by atoms with Crippen LogP contribution in [-0.4, -0.2) is 39.0 Å². The molecule has 5 heteroatoms. The van der Waals surface area contributed by atoms with Gasteiger partial charge in [0.05, 0.1) is 13.7 Å². The van der Waals surface area contributed by atoms with Crippen LogP contribution in [-0.2, 0) is 15.9 Å². The first kappa shape index (κ1) is 16.4. The van der Waals surface area contributed by atoms with Crippen LogP contribution < -0.4 is 5.46 Å². The van der Waals surface area contributed by atoms with Crippen molar-refractivity contribution in [3.63, 3.8) is 0 Å². The number of hydrogen-bond donors (Lipinski definition) is 0. The molecule has 0 heterocycles. The molecule has 0 saturated carbocycles. The fourth-order valence-electron chi connectivity index (χ4n) is 2.49. The quantitative estimate of drug-likeness (QED) is 0.445. The summed E-state index contributed by atoms with van der Waals surface area (Å²) in [6, 6.07) is 18.0. The monoisotopic (exact) mass is 299 g/mol. The minimum atomic E-state index is -1.84. The highest BCUT2D eigenvalue weighted by molar-refractivity contribution is 6.75. The minimum Gasteiger partial charge on any atom is -0.631 e. The van der Waals surface area contributed by atoms with E-state index in [4.69, 9.17) is 9.31 Å². The molecule has 0 unspecified atom stereocenters.